The van der Waals surface area contributed by atoms with Crippen molar-refractivity contribution in [3.05, 3.63) is 11.6 Å². The molecule has 150 valence electrons. The fourth-order valence-corrected chi connectivity index (χ4v) is 7.33. The average molecular weight is 374 g/mol. The summed E-state index contributed by atoms with van der Waals surface area (Å²) in [4.78, 5) is 22.8. The summed E-state index contributed by atoms with van der Waals surface area (Å²) >= 11 is 0. The number of hydrogen-bond acceptors (Lipinski definition) is 3. The fourth-order valence-electron chi connectivity index (χ4n) is 7.33. The molecule has 0 bridgehead atoms. The summed E-state index contributed by atoms with van der Waals surface area (Å²) < 4.78 is 5.13. The normalized spacial score (nSPS) is 40.5. The molecule has 4 fully saturated rings. The van der Waals surface area contributed by atoms with E-state index in [-0.39, 0.29) is 18.6 Å². The Morgan fingerprint density at radius 3 is 2.63 bits per heavy atom. The van der Waals surface area contributed by atoms with Crippen LogP contribution in [0.25, 0.3) is 0 Å². The van der Waals surface area contributed by atoms with Crippen molar-refractivity contribution in [1.82, 2.24) is 5.32 Å². The highest BCUT2D eigenvalue weighted by Crippen LogP contribution is 2.72. The van der Waals surface area contributed by atoms with Gasteiger partial charge in [-0.2, -0.15) is 0 Å². The number of hydrogen-bond donors (Lipinski definition) is 1. The van der Waals surface area contributed by atoms with Gasteiger partial charge in [-0.1, -0.05) is 33.3 Å². The third kappa shape index (κ3) is 3.13. The number of amides is 1. The van der Waals surface area contributed by atoms with Crippen molar-refractivity contribution < 1.29 is 14.3 Å². The monoisotopic (exact) mass is 373 g/mol. The first kappa shape index (κ1) is 19.0. The standard InChI is InChI=1S/C23H35NO3/c1-21(2)9-5-10-22(3)18(21)8-11-23(12-13-23)19(22)7-4-6-16-17(24-15-25)14-27-20(16)26/h6,15,17-19H,4-5,7-14H2,1-3H3,(H,24,25)/b16-6-/t17-,18+,19-,22+/m1/s1. The number of fused-ring (bicyclic) bond motifs is 1. The van der Waals surface area contributed by atoms with Crippen LogP contribution < -0.4 is 5.32 Å². The molecule has 0 aromatic carbocycles. The van der Waals surface area contributed by atoms with Gasteiger partial charge in [-0.05, 0) is 79.4 Å². The van der Waals surface area contributed by atoms with Gasteiger partial charge in [-0.3, -0.25) is 4.79 Å². The van der Waals surface area contributed by atoms with Crippen LogP contribution in [0.5, 0.6) is 0 Å². The lowest BCUT2D eigenvalue weighted by Crippen LogP contribution is -2.52. The van der Waals surface area contributed by atoms with E-state index in [1.54, 1.807) is 0 Å². The maximum Gasteiger partial charge on any atom is 0.336 e. The lowest BCUT2D eigenvalue weighted by molar-refractivity contribution is -0.135. The third-order valence-corrected chi connectivity index (χ3v) is 8.72. The van der Waals surface area contributed by atoms with Gasteiger partial charge in [0.25, 0.3) is 0 Å². The summed E-state index contributed by atoms with van der Waals surface area (Å²) in [5, 5.41) is 2.71. The lowest BCUT2D eigenvalue weighted by Gasteiger charge is -2.60. The van der Waals surface area contributed by atoms with Crippen LogP contribution in [0.15, 0.2) is 11.6 Å². The summed E-state index contributed by atoms with van der Waals surface area (Å²) in [5.74, 6) is 1.32. The van der Waals surface area contributed by atoms with Gasteiger partial charge >= 0.3 is 5.97 Å². The number of carbonyl (C=O) groups is 2. The molecule has 0 aromatic heterocycles. The smallest absolute Gasteiger partial charge is 0.336 e. The van der Waals surface area contributed by atoms with Crippen molar-refractivity contribution in [2.75, 3.05) is 6.61 Å². The van der Waals surface area contributed by atoms with Crippen LogP contribution in [0, 0.1) is 28.1 Å². The molecule has 4 aliphatic rings. The molecule has 0 aromatic rings. The van der Waals surface area contributed by atoms with Crippen molar-refractivity contribution >= 4 is 12.4 Å². The van der Waals surface area contributed by atoms with E-state index in [2.05, 4.69) is 26.1 Å². The Hall–Kier alpha value is -1.32. The molecule has 4 rings (SSSR count). The third-order valence-electron chi connectivity index (χ3n) is 8.72. The van der Waals surface area contributed by atoms with E-state index in [1.807, 2.05) is 6.08 Å². The van der Waals surface area contributed by atoms with Gasteiger partial charge in [0.2, 0.25) is 6.41 Å². The summed E-state index contributed by atoms with van der Waals surface area (Å²) in [6.07, 6.45) is 14.5. The quantitative estimate of drug-likeness (QED) is 0.442. The van der Waals surface area contributed by atoms with Crippen molar-refractivity contribution in [2.45, 2.75) is 84.6 Å². The highest BCUT2D eigenvalue weighted by atomic mass is 16.5. The molecule has 3 aliphatic carbocycles. The minimum atomic E-state index is -0.270. The zero-order chi connectivity index (χ0) is 19.3. The van der Waals surface area contributed by atoms with Crippen LogP contribution in [0.2, 0.25) is 0 Å². The first-order valence-corrected chi connectivity index (χ1v) is 10.9. The van der Waals surface area contributed by atoms with Crippen LogP contribution >= 0.6 is 0 Å². The van der Waals surface area contributed by atoms with Crippen LogP contribution in [0.4, 0.5) is 0 Å². The van der Waals surface area contributed by atoms with E-state index < -0.39 is 0 Å². The van der Waals surface area contributed by atoms with Crippen LogP contribution in [0.1, 0.15) is 78.6 Å². The highest BCUT2D eigenvalue weighted by Gasteiger charge is 2.62. The molecule has 1 spiro atoms. The number of nitrogens with one attached hydrogen (secondary N) is 1. The van der Waals surface area contributed by atoms with Crippen LogP contribution in [0.3, 0.4) is 0 Å². The molecular formula is C23H35NO3. The molecule has 1 N–H and O–H groups in total. The molecule has 0 unspecified atom stereocenters. The van der Waals surface area contributed by atoms with E-state index in [0.29, 0.717) is 28.2 Å². The molecular weight excluding hydrogens is 338 g/mol. The number of ether oxygens (including phenoxy) is 1. The molecule has 1 aliphatic heterocycles. The van der Waals surface area contributed by atoms with Gasteiger partial charge < -0.3 is 10.1 Å². The van der Waals surface area contributed by atoms with Gasteiger partial charge in [0, 0.05) is 0 Å². The minimum absolute atomic E-state index is 0.262. The largest absolute Gasteiger partial charge is 0.460 e. The second kappa shape index (κ2) is 6.63. The second-order valence-electron chi connectivity index (χ2n) is 10.5. The first-order chi connectivity index (χ1) is 12.8. The summed E-state index contributed by atoms with van der Waals surface area (Å²) in [7, 11) is 0. The maximum atomic E-state index is 12.0. The Labute approximate surface area is 163 Å². The predicted octanol–water partition coefficient (Wildman–Crippen LogP) is 4.39. The van der Waals surface area contributed by atoms with Crippen molar-refractivity contribution in [2.24, 2.45) is 28.1 Å². The molecule has 1 saturated heterocycles. The van der Waals surface area contributed by atoms with Gasteiger partial charge in [0.05, 0.1) is 11.6 Å². The summed E-state index contributed by atoms with van der Waals surface area (Å²) in [5.41, 5.74) is 2.11. The van der Waals surface area contributed by atoms with E-state index in [1.165, 1.54) is 44.9 Å². The summed E-state index contributed by atoms with van der Waals surface area (Å²) in [6.45, 7) is 7.83. The van der Waals surface area contributed by atoms with E-state index in [0.717, 1.165) is 24.7 Å². The first-order valence-electron chi connectivity index (χ1n) is 10.9. The Balaban J connectivity index is 1.52. The van der Waals surface area contributed by atoms with Gasteiger partial charge in [0.15, 0.2) is 0 Å². The van der Waals surface area contributed by atoms with Gasteiger partial charge in [-0.15, -0.1) is 0 Å². The Bertz CT molecular complexity index is 648. The molecule has 4 nitrogen and oxygen atoms in total. The average Bonchev–Trinajstić information content (AvgIpc) is 3.28. The zero-order valence-corrected chi connectivity index (χ0v) is 17.2. The van der Waals surface area contributed by atoms with Gasteiger partial charge in [-0.25, -0.2) is 4.79 Å². The Morgan fingerprint density at radius 2 is 1.93 bits per heavy atom. The van der Waals surface area contributed by atoms with E-state index in [9.17, 15) is 9.59 Å². The summed E-state index contributed by atoms with van der Waals surface area (Å²) in [6, 6.07) is -0.270. The highest BCUT2D eigenvalue weighted by molar-refractivity contribution is 5.92. The van der Waals surface area contributed by atoms with Crippen LogP contribution in [-0.2, 0) is 14.3 Å². The molecule has 1 heterocycles. The molecule has 1 amide bonds. The molecule has 4 atom stereocenters. The zero-order valence-electron chi connectivity index (χ0n) is 17.2. The minimum Gasteiger partial charge on any atom is -0.460 e. The Morgan fingerprint density at radius 1 is 1.15 bits per heavy atom. The fraction of sp³-hybridized carbons (Fsp3) is 0.826. The number of esters is 1. The van der Waals surface area contributed by atoms with Gasteiger partial charge in [0.1, 0.15) is 6.61 Å². The van der Waals surface area contributed by atoms with Crippen molar-refractivity contribution in [1.29, 1.82) is 0 Å². The Kier molecular flexibility index (Phi) is 4.67. The number of allylic oxidation sites excluding steroid dienone is 1. The van der Waals surface area contributed by atoms with E-state index in [4.69, 9.17) is 4.74 Å². The topological polar surface area (TPSA) is 55.4 Å². The molecule has 27 heavy (non-hydrogen) atoms. The van der Waals surface area contributed by atoms with Crippen molar-refractivity contribution in [3.8, 4) is 0 Å². The number of cyclic esters (lactones) is 1. The number of rotatable bonds is 5. The number of carbonyl (C=O) groups excluding carboxylic acids is 2. The van der Waals surface area contributed by atoms with E-state index >= 15 is 0 Å². The molecule has 0 radical (unpaired) electrons. The van der Waals surface area contributed by atoms with Crippen molar-refractivity contribution in [3.63, 3.8) is 0 Å². The lowest BCUT2D eigenvalue weighted by atomic mass is 9.45. The SMILES string of the molecule is CC1(C)CCC[C@@]2(C)[C@H]1CCC1(CC1)[C@@H]2CC/C=C1\C(=O)OC[C@H]1NC=O. The second-order valence-corrected chi connectivity index (χ2v) is 10.5. The predicted molar refractivity (Wildman–Crippen MR) is 105 cm³/mol. The molecule has 4 heteroatoms. The maximum absolute atomic E-state index is 12.0. The van der Waals surface area contributed by atoms with Crippen LogP contribution in [-0.4, -0.2) is 25.0 Å². The molecule has 3 saturated carbocycles.